The molecule has 0 spiro atoms. The molecule has 19 heavy (non-hydrogen) atoms. The number of thiophene rings is 1. The Kier molecular flexibility index (Phi) is 5.17. The normalized spacial score (nSPS) is 14.3. The summed E-state index contributed by atoms with van der Waals surface area (Å²) in [4.78, 5) is 2.92. The Morgan fingerprint density at radius 1 is 1.05 bits per heavy atom. The summed E-state index contributed by atoms with van der Waals surface area (Å²) in [5, 5.41) is 3.64. The van der Waals surface area contributed by atoms with Crippen molar-refractivity contribution in [1.29, 1.82) is 0 Å². The number of aryl methyl sites for hydroxylation is 1. The molecule has 0 aliphatic carbocycles. The van der Waals surface area contributed by atoms with Gasteiger partial charge in [-0.2, -0.15) is 0 Å². The molecule has 2 aromatic rings. The minimum absolute atomic E-state index is 0.415. The van der Waals surface area contributed by atoms with Gasteiger partial charge in [-0.05, 0) is 30.7 Å². The Morgan fingerprint density at radius 2 is 1.79 bits per heavy atom. The lowest BCUT2D eigenvalue weighted by atomic mass is 9.92. The number of nitrogens with one attached hydrogen (secondary N) is 1. The van der Waals surface area contributed by atoms with Crippen molar-refractivity contribution in [1.82, 2.24) is 5.32 Å². The third kappa shape index (κ3) is 3.46. The van der Waals surface area contributed by atoms with E-state index in [0.717, 1.165) is 13.0 Å². The summed E-state index contributed by atoms with van der Waals surface area (Å²) in [6.07, 6.45) is 1.13. The zero-order valence-corrected chi connectivity index (χ0v) is 12.8. The Morgan fingerprint density at radius 3 is 2.37 bits per heavy atom. The first-order chi connectivity index (χ1) is 9.26. The highest BCUT2D eigenvalue weighted by molar-refractivity contribution is 7.12. The van der Waals surface area contributed by atoms with Crippen molar-refractivity contribution in [3.05, 3.63) is 57.8 Å². The standard InChI is InChI=1S/C17H23NS/c1-4-15-11-12-16(19-15)17(18-5-2)13(3)14-9-7-6-8-10-14/h6-13,17-18H,4-5H2,1-3H3. The molecule has 0 fully saturated rings. The van der Waals surface area contributed by atoms with Crippen LogP contribution in [0, 0.1) is 0 Å². The molecule has 0 bridgehead atoms. The van der Waals surface area contributed by atoms with E-state index in [4.69, 9.17) is 0 Å². The fourth-order valence-corrected chi connectivity index (χ4v) is 3.58. The number of hydrogen-bond donors (Lipinski definition) is 1. The average Bonchev–Trinajstić information content (AvgIpc) is 2.93. The average molecular weight is 273 g/mol. The maximum atomic E-state index is 3.64. The van der Waals surface area contributed by atoms with Gasteiger partial charge in [0.05, 0.1) is 0 Å². The van der Waals surface area contributed by atoms with Gasteiger partial charge < -0.3 is 5.32 Å². The van der Waals surface area contributed by atoms with E-state index in [2.05, 4.69) is 68.6 Å². The van der Waals surface area contributed by atoms with Crippen molar-refractivity contribution in [2.75, 3.05) is 6.54 Å². The molecular weight excluding hydrogens is 250 g/mol. The SMILES string of the molecule is CCNC(c1ccc(CC)s1)C(C)c1ccccc1. The van der Waals surface area contributed by atoms with Crippen LogP contribution in [0.4, 0.5) is 0 Å². The molecule has 0 amide bonds. The van der Waals surface area contributed by atoms with Crippen molar-refractivity contribution in [3.8, 4) is 0 Å². The fourth-order valence-electron chi connectivity index (χ4n) is 2.44. The number of hydrogen-bond acceptors (Lipinski definition) is 2. The monoisotopic (exact) mass is 273 g/mol. The minimum Gasteiger partial charge on any atom is -0.309 e. The van der Waals surface area contributed by atoms with E-state index in [0.29, 0.717) is 12.0 Å². The molecule has 2 unspecified atom stereocenters. The quantitative estimate of drug-likeness (QED) is 0.799. The molecule has 102 valence electrons. The molecule has 1 aromatic carbocycles. The van der Waals surface area contributed by atoms with Gasteiger partial charge >= 0.3 is 0 Å². The number of benzene rings is 1. The van der Waals surface area contributed by atoms with Crippen molar-refractivity contribution in [2.45, 2.75) is 39.2 Å². The summed E-state index contributed by atoms with van der Waals surface area (Å²) < 4.78 is 0. The largest absolute Gasteiger partial charge is 0.309 e. The molecule has 0 aliphatic rings. The van der Waals surface area contributed by atoms with E-state index in [-0.39, 0.29) is 0 Å². The lowest BCUT2D eigenvalue weighted by molar-refractivity contribution is 0.486. The lowest BCUT2D eigenvalue weighted by Crippen LogP contribution is -2.24. The predicted octanol–water partition coefficient (Wildman–Crippen LogP) is 4.76. The van der Waals surface area contributed by atoms with Crippen LogP contribution in [0.15, 0.2) is 42.5 Å². The van der Waals surface area contributed by atoms with Crippen LogP contribution in [0.1, 0.15) is 48.0 Å². The van der Waals surface area contributed by atoms with Gasteiger partial charge in [-0.3, -0.25) is 0 Å². The van der Waals surface area contributed by atoms with Gasteiger partial charge in [0.2, 0.25) is 0 Å². The third-order valence-corrected chi connectivity index (χ3v) is 4.90. The first-order valence-electron chi connectivity index (χ1n) is 7.13. The van der Waals surface area contributed by atoms with Gasteiger partial charge in [0, 0.05) is 21.7 Å². The van der Waals surface area contributed by atoms with E-state index < -0.39 is 0 Å². The molecule has 2 rings (SSSR count). The van der Waals surface area contributed by atoms with E-state index in [9.17, 15) is 0 Å². The predicted molar refractivity (Wildman–Crippen MR) is 85.0 cm³/mol. The summed E-state index contributed by atoms with van der Waals surface area (Å²) in [7, 11) is 0. The minimum atomic E-state index is 0.415. The second-order valence-electron chi connectivity index (χ2n) is 4.89. The zero-order valence-electron chi connectivity index (χ0n) is 12.0. The number of likely N-dealkylation sites (N-methyl/N-ethyl adjacent to an activating group) is 1. The Hall–Kier alpha value is -1.12. The first kappa shape index (κ1) is 14.3. The van der Waals surface area contributed by atoms with Crippen LogP contribution in [-0.4, -0.2) is 6.54 Å². The summed E-state index contributed by atoms with van der Waals surface area (Å²) in [5.41, 5.74) is 1.40. The maximum absolute atomic E-state index is 3.64. The van der Waals surface area contributed by atoms with Crippen LogP contribution in [0.2, 0.25) is 0 Å². The fraction of sp³-hybridized carbons (Fsp3) is 0.412. The maximum Gasteiger partial charge on any atom is 0.0481 e. The Bertz CT molecular complexity index is 489. The van der Waals surface area contributed by atoms with E-state index in [1.165, 1.54) is 15.3 Å². The summed E-state index contributed by atoms with van der Waals surface area (Å²) in [5.74, 6) is 0.490. The van der Waals surface area contributed by atoms with Crippen molar-refractivity contribution >= 4 is 11.3 Å². The highest BCUT2D eigenvalue weighted by Gasteiger charge is 2.21. The molecule has 1 aromatic heterocycles. The van der Waals surface area contributed by atoms with Gasteiger partial charge in [-0.25, -0.2) is 0 Å². The van der Waals surface area contributed by atoms with Crippen molar-refractivity contribution < 1.29 is 0 Å². The van der Waals surface area contributed by atoms with Crippen LogP contribution in [0.5, 0.6) is 0 Å². The third-order valence-electron chi connectivity index (χ3n) is 3.59. The zero-order chi connectivity index (χ0) is 13.7. The Labute approximate surface area is 120 Å². The Balaban J connectivity index is 2.24. The number of rotatable bonds is 6. The lowest BCUT2D eigenvalue weighted by Gasteiger charge is -2.24. The van der Waals surface area contributed by atoms with E-state index >= 15 is 0 Å². The van der Waals surface area contributed by atoms with Crippen molar-refractivity contribution in [2.24, 2.45) is 0 Å². The highest BCUT2D eigenvalue weighted by Crippen LogP contribution is 2.34. The van der Waals surface area contributed by atoms with Crippen LogP contribution < -0.4 is 5.32 Å². The molecule has 0 saturated carbocycles. The highest BCUT2D eigenvalue weighted by atomic mass is 32.1. The molecule has 1 heterocycles. The summed E-state index contributed by atoms with van der Waals surface area (Å²) in [6.45, 7) is 7.72. The topological polar surface area (TPSA) is 12.0 Å². The van der Waals surface area contributed by atoms with Gasteiger partial charge in [0.15, 0.2) is 0 Å². The van der Waals surface area contributed by atoms with Crippen molar-refractivity contribution in [3.63, 3.8) is 0 Å². The molecule has 1 nitrogen and oxygen atoms in total. The smallest absolute Gasteiger partial charge is 0.0481 e. The van der Waals surface area contributed by atoms with E-state index in [1.807, 2.05) is 11.3 Å². The van der Waals surface area contributed by atoms with Crippen LogP contribution in [0.3, 0.4) is 0 Å². The van der Waals surface area contributed by atoms with Crippen LogP contribution in [0.25, 0.3) is 0 Å². The van der Waals surface area contributed by atoms with E-state index in [1.54, 1.807) is 0 Å². The second-order valence-corrected chi connectivity index (χ2v) is 6.09. The molecular formula is C17H23NS. The molecule has 2 heteroatoms. The molecule has 0 aliphatic heterocycles. The first-order valence-corrected chi connectivity index (χ1v) is 7.94. The van der Waals surface area contributed by atoms with Gasteiger partial charge in [-0.1, -0.05) is 51.1 Å². The van der Waals surface area contributed by atoms with Crippen LogP contribution in [-0.2, 0) is 6.42 Å². The second kappa shape index (κ2) is 6.88. The summed E-state index contributed by atoms with van der Waals surface area (Å²) >= 11 is 1.94. The summed E-state index contributed by atoms with van der Waals surface area (Å²) in [6, 6.07) is 15.8. The van der Waals surface area contributed by atoms with Gasteiger partial charge in [0.25, 0.3) is 0 Å². The van der Waals surface area contributed by atoms with Gasteiger partial charge in [0.1, 0.15) is 0 Å². The molecule has 0 radical (unpaired) electrons. The van der Waals surface area contributed by atoms with Crippen LogP contribution >= 0.6 is 11.3 Å². The molecule has 1 N–H and O–H groups in total. The molecule has 2 atom stereocenters. The molecule has 0 saturated heterocycles. The van der Waals surface area contributed by atoms with Gasteiger partial charge in [-0.15, -0.1) is 11.3 Å².